The average molecular weight is 458 g/mol. The Morgan fingerprint density at radius 3 is 2.75 bits per heavy atom. The number of hydrogen-bond donors (Lipinski definition) is 2. The van der Waals surface area contributed by atoms with Crippen molar-refractivity contribution < 1.29 is 22.7 Å². The van der Waals surface area contributed by atoms with Crippen LogP contribution in [-0.4, -0.2) is 43.7 Å². The molecule has 8 nitrogen and oxygen atoms in total. The lowest BCUT2D eigenvalue weighted by atomic mass is 9.98. The number of carbonyl (C=O) groups excluding carboxylic acids is 2. The monoisotopic (exact) mass is 457 g/mol. The van der Waals surface area contributed by atoms with Crippen LogP contribution in [0.4, 0.5) is 11.4 Å². The van der Waals surface area contributed by atoms with E-state index in [2.05, 4.69) is 10.6 Å². The molecule has 1 saturated heterocycles. The molecule has 2 aromatic carbocycles. The molecule has 2 aliphatic rings. The van der Waals surface area contributed by atoms with Crippen molar-refractivity contribution in [3.8, 4) is 5.75 Å². The molecule has 0 bridgehead atoms. The number of rotatable bonds is 4. The van der Waals surface area contributed by atoms with Crippen LogP contribution in [0.3, 0.4) is 0 Å². The van der Waals surface area contributed by atoms with Crippen molar-refractivity contribution in [2.45, 2.75) is 44.6 Å². The van der Waals surface area contributed by atoms with E-state index in [1.165, 1.54) is 16.4 Å². The normalized spacial score (nSPS) is 21.3. The van der Waals surface area contributed by atoms with Gasteiger partial charge in [0.25, 0.3) is 5.91 Å². The molecule has 2 aliphatic heterocycles. The fourth-order valence-corrected chi connectivity index (χ4v) is 5.53. The van der Waals surface area contributed by atoms with Crippen molar-refractivity contribution in [2.24, 2.45) is 5.92 Å². The van der Waals surface area contributed by atoms with E-state index < -0.39 is 22.0 Å². The van der Waals surface area contributed by atoms with Crippen LogP contribution in [0.25, 0.3) is 0 Å². The molecule has 170 valence electrons. The Bertz CT molecular complexity index is 1180. The first-order valence-electron chi connectivity index (χ1n) is 10.6. The molecule has 0 aliphatic carbocycles. The van der Waals surface area contributed by atoms with Gasteiger partial charge in [-0.25, -0.2) is 8.42 Å². The molecule has 0 saturated carbocycles. The first kappa shape index (κ1) is 22.3. The summed E-state index contributed by atoms with van der Waals surface area (Å²) >= 11 is 0. The fraction of sp³-hybridized carbons (Fsp3) is 0.391. The van der Waals surface area contributed by atoms with Gasteiger partial charge in [0.2, 0.25) is 15.9 Å². The molecule has 2 heterocycles. The van der Waals surface area contributed by atoms with Crippen molar-refractivity contribution >= 4 is 33.2 Å². The molecular formula is C23H27N3O5S. The van der Waals surface area contributed by atoms with Crippen molar-refractivity contribution in [3.63, 3.8) is 0 Å². The van der Waals surface area contributed by atoms with E-state index in [0.717, 1.165) is 16.8 Å². The van der Waals surface area contributed by atoms with Crippen LogP contribution in [0, 0.1) is 19.8 Å². The second-order valence-corrected chi connectivity index (χ2v) is 10.4. The standard InChI is InChI=1S/C23H27N3O5S/c1-14-6-7-15(2)19(11-14)24-23(28)17-5-4-10-26(13-17)32(29,30)18-8-9-21-20(12-18)25-22(27)16(3)31-21/h6-9,11-12,16-17H,4-5,10,13H2,1-3H3,(H,24,28)(H,25,27)/t16-,17-/m1/s1. The number of carbonyl (C=O) groups is 2. The lowest BCUT2D eigenvalue weighted by Gasteiger charge is -2.31. The zero-order valence-electron chi connectivity index (χ0n) is 18.3. The van der Waals surface area contributed by atoms with E-state index in [1.807, 2.05) is 32.0 Å². The first-order valence-corrected chi connectivity index (χ1v) is 12.1. The first-order chi connectivity index (χ1) is 15.1. The third-order valence-corrected chi connectivity index (χ3v) is 7.79. The summed E-state index contributed by atoms with van der Waals surface area (Å²) < 4.78 is 33.4. The van der Waals surface area contributed by atoms with Crippen molar-refractivity contribution in [1.82, 2.24) is 4.31 Å². The van der Waals surface area contributed by atoms with E-state index in [-0.39, 0.29) is 23.3 Å². The molecule has 2 aromatic rings. The quantitative estimate of drug-likeness (QED) is 0.734. The van der Waals surface area contributed by atoms with Gasteiger partial charge < -0.3 is 15.4 Å². The van der Waals surface area contributed by atoms with E-state index >= 15 is 0 Å². The maximum atomic E-state index is 13.3. The van der Waals surface area contributed by atoms with Crippen LogP contribution in [0.2, 0.25) is 0 Å². The Kier molecular flexibility index (Phi) is 5.96. The average Bonchev–Trinajstić information content (AvgIpc) is 2.76. The highest BCUT2D eigenvalue weighted by molar-refractivity contribution is 7.89. The minimum atomic E-state index is -3.83. The van der Waals surface area contributed by atoms with E-state index in [1.54, 1.807) is 13.0 Å². The highest BCUT2D eigenvalue weighted by Gasteiger charge is 2.34. The van der Waals surface area contributed by atoms with Gasteiger partial charge in [-0.1, -0.05) is 12.1 Å². The number of nitrogens with one attached hydrogen (secondary N) is 2. The molecule has 32 heavy (non-hydrogen) atoms. The number of hydrogen-bond acceptors (Lipinski definition) is 5. The van der Waals surface area contributed by atoms with Gasteiger partial charge in [0.1, 0.15) is 5.75 Å². The van der Waals surface area contributed by atoms with Crippen LogP contribution >= 0.6 is 0 Å². The largest absolute Gasteiger partial charge is 0.479 e. The summed E-state index contributed by atoms with van der Waals surface area (Å²) in [6.07, 6.45) is 0.574. The number of piperidine rings is 1. The van der Waals surface area contributed by atoms with Gasteiger partial charge in [0.05, 0.1) is 16.5 Å². The number of nitrogens with zero attached hydrogens (tertiary/aromatic N) is 1. The van der Waals surface area contributed by atoms with Crippen LogP contribution < -0.4 is 15.4 Å². The van der Waals surface area contributed by atoms with Crippen LogP contribution in [-0.2, 0) is 19.6 Å². The summed E-state index contributed by atoms with van der Waals surface area (Å²) in [4.78, 5) is 24.9. The van der Waals surface area contributed by atoms with Gasteiger partial charge in [-0.3, -0.25) is 9.59 Å². The highest BCUT2D eigenvalue weighted by Crippen LogP contribution is 2.34. The Balaban J connectivity index is 1.51. The van der Waals surface area contributed by atoms with E-state index in [9.17, 15) is 18.0 Å². The maximum Gasteiger partial charge on any atom is 0.265 e. The summed E-state index contributed by atoms with van der Waals surface area (Å²) in [7, 11) is -3.83. The van der Waals surface area contributed by atoms with Crippen LogP contribution in [0.5, 0.6) is 5.75 Å². The van der Waals surface area contributed by atoms with Gasteiger partial charge in [0, 0.05) is 18.8 Å². The van der Waals surface area contributed by atoms with Gasteiger partial charge >= 0.3 is 0 Å². The van der Waals surface area contributed by atoms with Gasteiger partial charge in [-0.05, 0) is 69.0 Å². The predicted octanol–water partition coefficient (Wildman–Crippen LogP) is 3.06. The third-order valence-electron chi connectivity index (χ3n) is 5.93. The Hall–Kier alpha value is -2.91. The zero-order chi connectivity index (χ0) is 23.0. The summed E-state index contributed by atoms with van der Waals surface area (Å²) in [5.74, 6) is -0.521. The zero-order valence-corrected chi connectivity index (χ0v) is 19.2. The molecular weight excluding hydrogens is 430 g/mol. The van der Waals surface area contributed by atoms with E-state index in [4.69, 9.17) is 4.74 Å². The SMILES string of the molecule is Cc1ccc(C)c(NC(=O)[C@@H]2CCCN(S(=O)(=O)c3ccc4c(c3)NC(=O)[C@@H](C)O4)C2)c1. The van der Waals surface area contributed by atoms with E-state index in [0.29, 0.717) is 30.8 Å². The minimum Gasteiger partial charge on any atom is -0.479 e. The number of ether oxygens (including phenoxy) is 1. The van der Waals surface area contributed by atoms with Gasteiger partial charge in [-0.2, -0.15) is 4.31 Å². The number of amides is 2. The van der Waals surface area contributed by atoms with Gasteiger partial charge in [0.15, 0.2) is 6.10 Å². The molecule has 0 spiro atoms. The number of fused-ring (bicyclic) bond motifs is 1. The molecule has 0 radical (unpaired) electrons. The Morgan fingerprint density at radius 2 is 1.97 bits per heavy atom. The smallest absolute Gasteiger partial charge is 0.265 e. The molecule has 2 N–H and O–H groups in total. The number of aryl methyl sites for hydroxylation is 2. The Labute approximate surface area is 188 Å². The van der Waals surface area contributed by atoms with Gasteiger partial charge in [-0.15, -0.1) is 0 Å². The van der Waals surface area contributed by atoms with Crippen LogP contribution in [0.15, 0.2) is 41.3 Å². The third kappa shape index (κ3) is 4.35. The molecule has 4 rings (SSSR count). The molecule has 0 unspecified atom stereocenters. The maximum absolute atomic E-state index is 13.3. The second kappa shape index (κ2) is 8.55. The minimum absolute atomic E-state index is 0.0605. The number of benzene rings is 2. The topological polar surface area (TPSA) is 105 Å². The second-order valence-electron chi connectivity index (χ2n) is 8.42. The highest BCUT2D eigenvalue weighted by atomic mass is 32.2. The summed E-state index contributed by atoms with van der Waals surface area (Å²) in [5.41, 5.74) is 3.07. The molecule has 1 fully saturated rings. The summed E-state index contributed by atoms with van der Waals surface area (Å²) in [6, 6.07) is 10.3. The molecule has 2 amide bonds. The predicted molar refractivity (Wildman–Crippen MR) is 121 cm³/mol. The lowest BCUT2D eigenvalue weighted by Crippen LogP contribution is -2.43. The van der Waals surface area contributed by atoms with Crippen molar-refractivity contribution in [2.75, 3.05) is 23.7 Å². The van der Waals surface area contributed by atoms with Crippen LogP contribution in [0.1, 0.15) is 30.9 Å². The van der Waals surface area contributed by atoms with Crippen molar-refractivity contribution in [1.29, 1.82) is 0 Å². The Morgan fingerprint density at radius 1 is 1.19 bits per heavy atom. The molecule has 2 atom stereocenters. The van der Waals surface area contributed by atoms with Crippen molar-refractivity contribution in [3.05, 3.63) is 47.5 Å². The number of sulfonamides is 1. The molecule has 9 heteroatoms. The summed E-state index contributed by atoms with van der Waals surface area (Å²) in [6.45, 7) is 5.95. The fourth-order valence-electron chi connectivity index (χ4n) is 3.98. The summed E-state index contributed by atoms with van der Waals surface area (Å²) in [5, 5.41) is 5.64. The lowest BCUT2D eigenvalue weighted by molar-refractivity contribution is -0.123. The molecule has 0 aromatic heterocycles. The number of anilines is 2.